The van der Waals surface area contributed by atoms with Crippen molar-refractivity contribution in [2.75, 3.05) is 6.54 Å². The maximum Gasteiger partial charge on any atom is 0.324 e. The molecule has 0 spiro atoms. The zero-order valence-electron chi connectivity index (χ0n) is 9.88. The number of nitrogens with zero attached hydrogens (tertiary/aromatic N) is 1. The lowest BCUT2D eigenvalue weighted by molar-refractivity contribution is -0.156. The summed E-state index contributed by atoms with van der Waals surface area (Å²) in [5.74, 6) is -4.79. The molecule has 0 bridgehead atoms. The number of carbonyl (C=O) groups excluding carboxylic acids is 1. The first-order chi connectivity index (χ1) is 7.66. The fourth-order valence-electron chi connectivity index (χ4n) is 1.78. The lowest BCUT2D eigenvalue weighted by Gasteiger charge is -2.26. The molecule has 2 atom stereocenters. The highest BCUT2D eigenvalue weighted by molar-refractivity contribution is 5.84. The predicted octanol–water partition coefficient (Wildman–Crippen LogP) is 1.69. The van der Waals surface area contributed by atoms with Crippen LogP contribution in [0.3, 0.4) is 0 Å². The van der Waals surface area contributed by atoms with Crippen LogP contribution in [0.1, 0.15) is 20.8 Å². The molecule has 17 heavy (non-hydrogen) atoms. The highest BCUT2D eigenvalue weighted by Crippen LogP contribution is 2.27. The molecule has 3 nitrogen and oxygen atoms in total. The molecule has 0 aliphatic carbocycles. The van der Waals surface area contributed by atoms with Gasteiger partial charge in [-0.15, -0.1) is 0 Å². The van der Waals surface area contributed by atoms with Gasteiger partial charge in [0.1, 0.15) is 0 Å². The number of carbonyl (C=O) groups is 1. The van der Waals surface area contributed by atoms with Crippen LogP contribution in [-0.2, 0) is 4.79 Å². The van der Waals surface area contributed by atoms with Gasteiger partial charge in [-0.2, -0.15) is 8.78 Å². The molecule has 1 amide bonds. The molecule has 1 aliphatic rings. The quantitative estimate of drug-likeness (QED) is 0.776. The molecule has 0 saturated carbocycles. The minimum atomic E-state index is -4.17. The summed E-state index contributed by atoms with van der Waals surface area (Å²) in [5.41, 5.74) is 0. The number of hydrogen-bond donors (Lipinski definition) is 1. The Morgan fingerprint density at radius 3 is 2.29 bits per heavy atom. The monoisotopic (exact) mass is 256 g/mol. The second-order valence-corrected chi connectivity index (χ2v) is 4.59. The van der Waals surface area contributed by atoms with E-state index in [0.29, 0.717) is 0 Å². The van der Waals surface area contributed by atoms with E-state index < -0.39 is 37.0 Å². The zero-order valence-corrected chi connectivity index (χ0v) is 9.88. The summed E-state index contributed by atoms with van der Waals surface area (Å²) in [7, 11) is 0. The molecule has 1 saturated heterocycles. The lowest BCUT2D eigenvalue weighted by Crippen LogP contribution is -2.46. The molecule has 0 aromatic carbocycles. The van der Waals surface area contributed by atoms with E-state index >= 15 is 0 Å². The van der Waals surface area contributed by atoms with E-state index in [1.807, 2.05) is 0 Å². The maximum atomic E-state index is 12.9. The van der Waals surface area contributed by atoms with Gasteiger partial charge >= 0.3 is 12.3 Å². The summed E-state index contributed by atoms with van der Waals surface area (Å²) in [4.78, 5) is 12.5. The second-order valence-electron chi connectivity index (χ2n) is 4.59. The summed E-state index contributed by atoms with van der Waals surface area (Å²) in [6.07, 6.45) is -4.42. The van der Waals surface area contributed by atoms with E-state index in [-0.39, 0.29) is 5.92 Å². The molecular formula is C10H16F4N2O. The van der Waals surface area contributed by atoms with Crippen LogP contribution in [0.5, 0.6) is 0 Å². The molecule has 7 heteroatoms. The van der Waals surface area contributed by atoms with Crippen LogP contribution in [0.25, 0.3) is 0 Å². The smallest absolute Gasteiger partial charge is 0.320 e. The summed E-state index contributed by atoms with van der Waals surface area (Å²) in [6, 6.07) is -0.585. The summed E-state index contributed by atoms with van der Waals surface area (Å²) >= 11 is 0. The molecule has 1 fully saturated rings. The topological polar surface area (TPSA) is 32.3 Å². The SMILES string of the molecule is CC(C)C1NC(C)N(CC(F)(F)C(F)F)C1=O. The van der Waals surface area contributed by atoms with E-state index in [2.05, 4.69) is 5.32 Å². The van der Waals surface area contributed by atoms with Crippen molar-refractivity contribution in [2.24, 2.45) is 5.92 Å². The highest BCUT2D eigenvalue weighted by Gasteiger charge is 2.48. The standard InChI is InChI=1S/C10H16F4N2O/c1-5(2)7-8(17)16(6(3)15-7)4-10(13,14)9(11)12/h5-7,9,15H,4H2,1-3H3. The van der Waals surface area contributed by atoms with Gasteiger partial charge in [0.2, 0.25) is 5.91 Å². The molecule has 1 rings (SSSR count). The van der Waals surface area contributed by atoms with Crippen molar-refractivity contribution in [1.29, 1.82) is 0 Å². The Morgan fingerprint density at radius 1 is 1.41 bits per heavy atom. The summed E-state index contributed by atoms with van der Waals surface area (Å²) < 4.78 is 49.9. The van der Waals surface area contributed by atoms with Gasteiger partial charge in [-0.3, -0.25) is 10.1 Å². The van der Waals surface area contributed by atoms with Crippen molar-refractivity contribution in [3.05, 3.63) is 0 Å². The molecule has 100 valence electrons. The highest BCUT2D eigenvalue weighted by atomic mass is 19.3. The van der Waals surface area contributed by atoms with Gasteiger partial charge in [-0.05, 0) is 12.8 Å². The molecule has 0 aromatic heterocycles. The van der Waals surface area contributed by atoms with Crippen molar-refractivity contribution in [3.63, 3.8) is 0 Å². The van der Waals surface area contributed by atoms with E-state index in [9.17, 15) is 22.4 Å². The Hall–Kier alpha value is -0.850. The predicted molar refractivity (Wildman–Crippen MR) is 53.9 cm³/mol. The first-order valence-corrected chi connectivity index (χ1v) is 5.39. The maximum absolute atomic E-state index is 12.9. The largest absolute Gasteiger partial charge is 0.324 e. The van der Waals surface area contributed by atoms with E-state index in [1.165, 1.54) is 6.92 Å². The van der Waals surface area contributed by atoms with Crippen molar-refractivity contribution in [1.82, 2.24) is 10.2 Å². The third-order valence-electron chi connectivity index (χ3n) is 2.80. The van der Waals surface area contributed by atoms with E-state index in [1.54, 1.807) is 13.8 Å². The number of halogens is 4. The Balaban J connectivity index is 2.76. The number of nitrogens with one attached hydrogen (secondary N) is 1. The van der Waals surface area contributed by atoms with Gasteiger partial charge in [-0.1, -0.05) is 13.8 Å². The zero-order chi connectivity index (χ0) is 13.4. The van der Waals surface area contributed by atoms with Crippen LogP contribution in [0.4, 0.5) is 17.6 Å². The van der Waals surface area contributed by atoms with Crippen LogP contribution in [0.15, 0.2) is 0 Å². The van der Waals surface area contributed by atoms with Crippen molar-refractivity contribution in [3.8, 4) is 0 Å². The van der Waals surface area contributed by atoms with Crippen molar-refractivity contribution >= 4 is 5.91 Å². The average molecular weight is 256 g/mol. The van der Waals surface area contributed by atoms with Crippen molar-refractivity contribution in [2.45, 2.75) is 45.3 Å². The summed E-state index contributed by atoms with van der Waals surface area (Å²) in [6.45, 7) is 3.77. The fraction of sp³-hybridized carbons (Fsp3) is 0.900. The first kappa shape index (κ1) is 14.2. The third kappa shape index (κ3) is 2.88. The van der Waals surface area contributed by atoms with E-state index in [0.717, 1.165) is 4.90 Å². The first-order valence-electron chi connectivity index (χ1n) is 5.39. The molecule has 2 unspecified atom stereocenters. The van der Waals surface area contributed by atoms with Gasteiger partial charge < -0.3 is 4.90 Å². The number of amides is 1. The Morgan fingerprint density at radius 2 is 1.94 bits per heavy atom. The molecule has 1 aliphatic heterocycles. The molecule has 1 N–H and O–H groups in total. The minimum absolute atomic E-state index is 0.0740. The number of alkyl halides is 4. The van der Waals surface area contributed by atoms with Crippen LogP contribution in [-0.4, -0.2) is 41.9 Å². The molecule has 0 aromatic rings. The van der Waals surface area contributed by atoms with Crippen LogP contribution < -0.4 is 5.32 Å². The number of rotatable bonds is 4. The Bertz CT molecular complexity index is 296. The van der Waals surface area contributed by atoms with Crippen molar-refractivity contribution < 1.29 is 22.4 Å². The van der Waals surface area contributed by atoms with Crippen LogP contribution in [0.2, 0.25) is 0 Å². The Labute approximate surface area is 97.2 Å². The second kappa shape index (κ2) is 4.80. The van der Waals surface area contributed by atoms with Gasteiger partial charge in [0.25, 0.3) is 0 Å². The summed E-state index contributed by atoms with van der Waals surface area (Å²) in [5, 5.41) is 2.81. The average Bonchev–Trinajstić information content (AvgIpc) is 2.45. The minimum Gasteiger partial charge on any atom is -0.320 e. The molecular weight excluding hydrogens is 240 g/mol. The molecule has 0 radical (unpaired) electrons. The third-order valence-corrected chi connectivity index (χ3v) is 2.80. The fourth-order valence-corrected chi connectivity index (χ4v) is 1.78. The van der Waals surface area contributed by atoms with Gasteiger partial charge in [-0.25, -0.2) is 8.78 Å². The van der Waals surface area contributed by atoms with E-state index in [4.69, 9.17) is 0 Å². The van der Waals surface area contributed by atoms with Crippen LogP contribution in [0, 0.1) is 5.92 Å². The van der Waals surface area contributed by atoms with Crippen LogP contribution >= 0.6 is 0 Å². The Kier molecular flexibility index (Phi) is 4.01. The lowest BCUT2D eigenvalue weighted by atomic mass is 10.1. The van der Waals surface area contributed by atoms with Gasteiger partial charge in [0, 0.05) is 0 Å². The number of hydrogen-bond acceptors (Lipinski definition) is 2. The van der Waals surface area contributed by atoms with Gasteiger partial charge in [0.15, 0.2) is 0 Å². The normalized spacial score (nSPS) is 26.4. The molecule has 1 heterocycles. The van der Waals surface area contributed by atoms with Gasteiger partial charge in [0.05, 0.1) is 18.8 Å².